The highest BCUT2D eigenvalue weighted by Crippen LogP contribution is 2.29. The minimum absolute atomic E-state index is 0.844. The van der Waals surface area contributed by atoms with Crippen molar-refractivity contribution in [2.45, 2.75) is 51.4 Å². The SMILES string of the molecule is S=C(Nc1ccccc1)N(CC1CCCC1)CC1CCCC1. The predicted molar refractivity (Wildman–Crippen MR) is 98.2 cm³/mol. The van der Waals surface area contributed by atoms with Crippen molar-refractivity contribution in [2.24, 2.45) is 11.8 Å². The van der Waals surface area contributed by atoms with Gasteiger partial charge in [0.1, 0.15) is 0 Å². The Morgan fingerprint density at radius 2 is 1.41 bits per heavy atom. The van der Waals surface area contributed by atoms with Crippen LogP contribution in [0.15, 0.2) is 30.3 Å². The van der Waals surface area contributed by atoms with Gasteiger partial charge in [0, 0.05) is 18.8 Å². The van der Waals surface area contributed by atoms with Crippen molar-refractivity contribution in [1.82, 2.24) is 4.90 Å². The molecule has 2 aliphatic carbocycles. The molecule has 2 aliphatic rings. The summed E-state index contributed by atoms with van der Waals surface area (Å²) < 4.78 is 0. The second kappa shape index (κ2) is 7.96. The molecule has 0 bridgehead atoms. The van der Waals surface area contributed by atoms with Crippen LogP contribution in [-0.4, -0.2) is 23.1 Å². The summed E-state index contributed by atoms with van der Waals surface area (Å²) in [6.07, 6.45) is 11.2. The standard InChI is InChI=1S/C19H28N2S/c22-19(20-18-12-2-1-3-13-18)21(14-16-8-4-5-9-16)15-17-10-6-7-11-17/h1-3,12-13,16-17H,4-11,14-15H2,(H,20,22). The molecule has 0 aromatic heterocycles. The number of hydrogen-bond donors (Lipinski definition) is 1. The van der Waals surface area contributed by atoms with Gasteiger partial charge in [-0.05, 0) is 61.9 Å². The lowest BCUT2D eigenvalue weighted by Gasteiger charge is -2.31. The van der Waals surface area contributed by atoms with Crippen molar-refractivity contribution < 1.29 is 0 Å². The fraction of sp³-hybridized carbons (Fsp3) is 0.632. The minimum Gasteiger partial charge on any atom is -0.348 e. The number of anilines is 1. The highest BCUT2D eigenvalue weighted by Gasteiger charge is 2.24. The highest BCUT2D eigenvalue weighted by molar-refractivity contribution is 7.80. The van der Waals surface area contributed by atoms with E-state index in [0.717, 1.165) is 35.7 Å². The predicted octanol–water partition coefficient (Wildman–Crippen LogP) is 5.07. The number of nitrogens with zero attached hydrogens (tertiary/aromatic N) is 1. The molecule has 0 amide bonds. The number of para-hydroxylation sites is 1. The molecule has 0 unspecified atom stereocenters. The molecule has 1 N–H and O–H groups in total. The largest absolute Gasteiger partial charge is 0.348 e. The van der Waals surface area contributed by atoms with Crippen molar-refractivity contribution in [1.29, 1.82) is 0 Å². The molecule has 1 aromatic carbocycles. The molecule has 2 nitrogen and oxygen atoms in total. The summed E-state index contributed by atoms with van der Waals surface area (Å²) in [6, 6.07) is 10.3. The van der Waals surface area contributed by atoms with E-state index in [1.165, 1.54) is 51.4 Å². The molecule has 0 heterocycles. The summed E-state index contributed by atoms with van der Waals surface area (Å²) in [5, 5.41) is 4.37. The van der Waals surface area contributed by atoms with E-state index in [2.05, 4.69) is 34.5 Å². The fourth-order valence-electron chi connectivity index (χ4n) is 3.97. The maximum atomic E-state index is 5.74. The van der Waals surface area contributed by atoms with Gasteiger partial charge in [-0.25, -0.2) is 0 Å². The molecule has 1 aromatic rings. The molecule has 2 saturated carbocycles. The van der Waals surface area contributed by atoms with E-state index in [1.54, 1.807) is 0 Å². The second-order valence-corrected chi connectivity index (χ2v) is 7.39. The van der Waals surface area contributed by atoms with Gasteiger partial charge >= 0.3 is 0 Å². The van der Waals surface area contributed by atoms with Crippen LogP contribution >= 0.6 is 12.2 Å². The van der Waals surface area contributed by atoms with Crippen molar-refractivity contribution in [3.63, 3.8) is 0 Å². The minimum atomic E-state index is 0.844. The Kier molecular flexibility index (Phi) is 5.71. The molecule has 0 saturated heterocycles. The maximum absolute atomic E-state index is 5.74. The molecule has 0 radical (unpaired) electrons. The Hall–Kier alpha value is -1.09. The molecule has 3 heteroatoms. The summed E-state index contributed by atoms with van der Waals surface area (Å²) in [7, 11) is 0. The van der Waals surface area contributed by atoms with E-state index in [-0.39, 0.29) is 0 Å². The van der Waals surface area contributed by atoms with Gasteiger partial charge < -0.3 is 10.2 Å². The van der Waals surface area contributed by atoms with Gasteiger partial charge in [-0.2, -0.15) is 0 Å². The normalized spacial score (nSPS) is 19.5. The lowest BCUT2D eigenvalue weighted by molar-refractivity contribution is 0.298. The maximum Gasteiger partial charge on any atom is 0.173 e. The van der Waals surface area contributed by atoms with E-state index in [0.29, 0.717) is 0 Å². The summed E-state index contributed by atoms with van der Waals surface area (Å²) in [5.74, 6) is 1.69. The molecule has 0 atom stereocenters. The van der Waals surface area contributed by atoms with Crippen molar-refractivity contribution in [3.05, 3.63) is 30.3 Å². The zero-order chi connectivity index (χ0) is 15.2. The summed E-state index contributed by atoms with van der Waals surface area (Å²) in [4.78, 5) is 2.47. The number of rotatable bonds is 5. The Morgan fingerprint density at radius 1 is 0.909 bits per heavy atom. The fourth-order valence-corrected chi connectivity index (χ4v) is 4.24. The van der Waals surface area contributed by atoms with E-state index in [9.17, 15) is 0 Å². The van der Waals surface area contributed by atoms with Crippen molar-refractivity contribution in [3.8, 4) is 0 Å². The number of thiocarbonyl (C=S) groups is 1. The third-order valence-corrected chi connectivity index (χ3v) is 5.58. The first-order valence-corrected chi connectivity index (χ1v) is 9.33. The van der Waals surface area contributed by atoms with Crippen LogP contribution in [0, 0.1) is 11.8 Å². The van der Waals surface area contributed by atoms with Gasteiger partial charge in [-0.15, -0.1) is 0 Å². The summed E-state index contributed by atoms with van der Waals surface area (Å²) in [5.41, 5.74) is 1.11. The number of nitrogens with one attached hydrogen (secondary N) is 1. The molecule has 2 fully saturated rings. The lowest BCUT2D eigenvalue weighted by Crippen LogP contribution is -2.40. The van der Waals surface area contributed by atoms with E-state index in [1.807, 2.05) is 6.07 Å². The number of hydrogen-bond acceptors (Lipinski definition) is 1. The molecule has 0 aliphatic heterocycles. The number of benzene rings is 1. The zero-order valence-electron chi connectivity index (χ0n) is 13.5. The van der Waals surface area contributed by atoms with Gasteiger partial charge in [0.15, 0.2) is 5.11 Å². The first-order valence-electron chi connectivity index (χ1n) is 8.92. The Morgan fingerprint density at radius 3 is 1.91 bits per heavy atom. The van der Waals surface area contributed by atoms with Crippen LogP contribution in [0.5, 0.6) is 0 Å². The van der Waals surface area contributed by atoms with E-state index in [4.69, 9.17) is 12.2 Å². The summed E-state index contributed by atoms with van der Waals surface area (Å²) >= 11 is 5.74. The molecule has 3 rings (SSSR count). The van der Waals surface area contributed by atoms with Gasteiger partial charge in [0.05, 0.1) is 0 Å². The third-order valence-electron chi connectivity index (χ3n) is 5.22. The molecule has 120 valence electrons. The quantitative estimate of drug-likeness (QED) is 0.764. The van der Waals surface area contributed by atoms with Crippen LogP contribution < -0.4 is 5.32 Å². The van der Waals surface area contributed by atoms with Gasteiger partial charge in [0.2, 0.25) is 0 Å². The van der Waals surface area contributed by atoms with Crippen LogP contribution in [-0.2, 0) is 0 Å². The highest BCUT2D eigenvalue weighted by atomic mass is 32.1. The van der Waals surface area contributed by atoms with E-state index < -0.39 is 0 Å². The first-order chi connectivity index (χ1) is 10.8. The van der Waals surface area contributed by atoms with Crippen LogP contribution in [0.2, 0.25) is 0 Å². The average molecular weight is 317 g/mol. The Labute approximate surface area is 140 Å². The van der Waals surface area contributed by atoms with Crippen molar-refractivity contribution in [2.75, 3.05) is 18.4 Å². The Balaban J connectivity index is 1.61. The van der Waals surface area contributed by atoms with Crippen LogP contribution in [0.25, 0.3) is 0 Å². The first kappa shape index (κ1) is 15.8. The second-order valence-electron chi connectivity index (χ2n) is 7.00. The van der Waals surface area contributed by atoms with Gasteiger partial charge in [0.25, 0.3) is 0 Å². The topological polar surface area (TPSA) is 15.3 Å². The third kappa shape index (κ3) is 4.45. The average Bonchev–Trinajstić information content (AvgIpc) is 3.21. The van der Waals surface area contributed by atoms with Gasteiger partial charge in [-0.3, -0.25) is 0 Å². The van der Waals surface area contributed by atoms with Crippen LogP contribution in [0.3, 0.4) is 0 Å². The van der Waals surface area contributed by atoms with Gasteiger partial charge in [-0.1, -0.05) is 43.9 Å². The molecule has 0 spiro atoms. The molecular formula is C19H28N2S. The lowest BCUT2D eigenvalue weighted by atomic mass is 10.0. The van der Waals surface area contributed by atoms with Crippen molar-refractivity contribution >= 4 is 23.0 Å². The molecule has 22 heavy (non-hydrogen) atoms. The monoisotopic (exact) mass is 316 g/mol. The smallest absolute Gasteiger partial charge is 0.173 e. The van der Waals surface area contributed by atoms with Crippen LogP contribution in [0.4, 0.5) is 5.69 Å². The van der Waals surface area contributed by atoms with Crippen LogP contribution in [0.1, 0.15) is 51.4 Å². The zero-order valence-corrected chi connectivity index (χ0v) is 14.3. The van der Waals surface area contributed by atoms with E-state index >= 15 is 0 Å². The summed E-state index contributed by atoms with van der Waals surface area (Å²) in [6.45, 7) is 2.30. The molecular weight excluding hydrogens is 288 g/mol. The Bertz CT molecular complexity index is 444.